The van der Waals surface area contributed by atoms with Crippen LogP contribution in [0.25, 0.3) is 0 Å². The van der Waals surface area contributed by atoms with Crippen LogP contribution in [0, 0.1) is 0 Å². The number of hydrogen-bond donors (Lipinski definition) is 0. The van der Waals surface area contributed by atoms with Crippen molar-refractivity contribution in [1.29, 1.82) is 0 Å². The standard InChI is InChI=1S/C23H27N3O/c27-23-22-9-5-4-6-18(22)12-13-24(23)14-15-25-16-21-11-10-20(25)17-26(21)19-7-2-1-3-8-19/h1-9,20-21H,10-17H2/t20-,21+/m0/s1. The molecule has 0 aromatic heterocycles. The minimum atomic E-state index is 0.213. The molecular weight excluding hydrogens is 334 g/mol. The second-order valence-corrected chi connectivity index (χ2v) is 8.07. The normalized spacial score (nSPS) is 25.0. The Morgan fingerprint density at radius 1 is 0.852 bits per heavy atom. The van der Waals surface area contributed by atoms with E-state index >= 15 is 0 Å². The molecule has 3 fully saturated rings. The molecule has 4 aliphatic heterocycles. The van der Waals surface area contributed by atoms with Gasteiger partial charge in [-0.15, -0.1) is 0 Å². The van der Waals surface area contributed by atoms with Crippen LogP contribution in [-0.2, 0) is 6.42 Å². The zero-order valence-electron chi connectivity index (χ0n) is 15.8. The summed E-state index contributed by atoms with van der Waals surface area (Å²) in [4.78, 5) is 20.1. The molecule has 4 heterocycles. The maximum atomic E-state index is 12.8. The van der Waals surface area contributed by atoms with Crippen LogP contribution in [0.2, 0.25) is 0 Å². The van der Waals surface area contributed by atoms with Crippen molar-refractivity contribution in [3.8, 4) is 0 Å². The first kappa shape index (κ1) is 16.8. The van der Waals surface area contributed by atoms with Crippen molar-refractivity contribution >= 4 is 11.6 Å². The smallest absolute Gasteiger partial charge is 0.254 e. The van der Waals surface area contributed by atoms with Gasteiger partial charge in [-0.2, -0.15) is 0 Å². The number of hydrogen-bond acceptors (Lipinski definition) is 3. The summed E-state index contributed by atoms with van der Waals surface area (Å²) in [6.07, 6.45) is 3.55. The number of piperidine rings is 2. The Bertz CT molecular complexity index is 821. The van der Waals surface area contributed by atoms with Gasteiger partial charge in [0.25, 0.3) is 5.91 Å². The van der Waals surface area contributed by atoms with Crippen molar-refractivity contribution in [2.45, 2.75) is 31.3 Å². The van der Waals surface area contributed by atoms with Crippen molar-refractivity contribution in [2.75, 3.05) is 37.6 Å². The lowest BCUT2D eigenvalue weighted by Gasteiger charge is -2.53. The number of nitrogens with zero attached hydrogens (tertiary/aromatic N) is 3. The molecular formula is C23H27N3O. The summed E-state index contributed by atoms with van der Waals surface area (Å²) in [6.45, 7) is 4.94. The number of piperazine rings is 1. The van der Waals surface area contributed by atoms with Gasteiger partial charge in [0.2, 0.25) is 0 Å². The molecule has 4 heteroatoms. The van der Waals surface area contributed by atoms with E-state index in [9.17, 15) is 4.79 Å². The lowest BCUT2D eigenvalue weighted by atomic mass is 9.90. The highest BCUT2D eigenvalue weighted by atomic mass is 16.2. The maximum Gasteiger partial charge on any atom is 0.254 e. The lowest BCUT2D eigenvalue weighted by molar-refractivity contribution is 0.0615. The molecule has 3 saturated heterocycles. The predicted octanol–water partition coefficient (Wildman–Crippen LogP) is 3.04. The fraction of sp³-hybridized carbons (Fsp3) is 0.435. The van der Waals surface area contributed by atoms with Gasteiger partial charge in [-0.25, -0.2) is 0 Å². The summed E-state index contributed by atoms with van der Waals surface area (Å²) in [7, 11) is 0. The third kappa shape index (κ3) is 3.12. The molecule has 0 N–H and O–H groups in total. The van der Waals surface area contributed by atoms with E-state index in [0.29, 0.717) is 12.1 Å². The Hall–Kier alpha value is -2.33. The quantitative estimate of drug-likeness (QED) is 0.837. The number of carbonyl (C=O) groups excluding carboxylic acids is 1. The summed E-state index contributed by atoms with van der Waals surface area (Å²) in [5.74, 6) is 0.213. The average molecular weight is 361 g/mol. The molecule has 27 heavy (non-hydrogen) atoms. The monoisotopic (exact) mass is 361 g/mol. The molecule has 0 spiro atoms. The Balaban J connectivity index is 1.22. The molecule has 0 aliphatic carbocycles. The molecule has 0 saturated carbocycles. The number of para-hydroxylation sites is 1. The molecule has 4 nitrogen and oxygen atoms in total. The Morgan fingerprint density at radius 2 is 1.63 bits per heavy atom. The molecule has 4 aliphatic rings. The van der Waals surface area contributed by atoms with Gasteiger partial charge in [-0.05, 0) is 43.0 Å². The minimum absolute atomic E-state index is 0.213. The fourth-order valence-electron chi connectivity index (χ4n) is 5.06. The highest BCUT2D eigenvalue weighted by Crippen LogP contribution is 2.32. The van der Waals surface area contributed by atoms with Crippen LogP contribution in [0.3, 0.4) is 0 Å². The van der Waals surface area contributed by atoms with Crippen molar-refractivity contribution in [3.05, 3.63) is 65.7 Å². The maximum absolute atomic E-state index is 12.8. The van der Waals surface area contributed by atoms with Crippen molar-refractivity contribution in [3.63, 3.8) is 0 Å². The molecule has 140 valence electrons. The van der Waals surface area contributed by atoms with Gasteiger partial charge in [-0.3, -0.25) is 9.69 Å². The topological polar surface area (TPSA) is 26.8 Å². The number of benzene rings is 2. The number of amides is 1. The van der Waals surface area contributed by atoms with Crippen LogP contribution < -0.4 is 4.90 Å². The first-order valence-corrected chi connectivity index (χ1v) is 10.2. The van der Waals surface area contributed by atoms with E-state index in [2.05, 4.69) is 51.1 Å². The van der Waals surface area contributed by atoms with E-state index in [1.54, 1.807) is 0 Å². The van der Waals surface area contributed by atoms with Gasteiger partial charge in [0, 0.05) is 56.1 Å². The van der Waals surface area contributed by atoms with Crippen LogP contribution >= 0.6 is 0 Å². The molecule has 1 amide bonds. The zero-order chi connectivity index (χ0) is 18.2. The second kappa shape index (κ2) is 7.01. The van der Waals surface area contributed by atoms with Gasteiger partial charge in [0.15, 0.2) is 0 Å². The molecule has 2 bridgehead atoms. The summed E-state index contributed by atoms with van der Waals surface area (Å²) < 4.78 is 0. The molecule has 2 atom stereocenters. The SMILES string of the molecule is O=C1c2ccccc2CCN1CCN1C[C@H]2CC[C@H]1CN2c1ccccc1. The Labute approximate surface area is 161 Å². The Morgan fingerprint density at radius 3 is 2.44 bits per heavy atom. The third-order valence-electron chi connectivity index (χ3n) is 6.57. The average Bonchev–Trinajstić information content (AvgIpc) is 2.74. The second-order valence-electron chi connectivity index (χ2n) is 8.07. The third-order valence-corrected chi connectivity index (χ3v) is 6.57. The number of carbonyl (C=O) groups is 1. The van der Waals surface area contributed by atoms with E-state index in [4.69, 9.17) is 0 Å². The van der Waals surface area contributed by atoms with E-state index < -0.39 is 0 Å². The summed E-state index contributed by atoms with van der Waals surface area (Å²) >= 11 is 0. The van der Waals surface area contributed by atoms with Crippen LogP contribution in [-0.4, -0.2) is 60.5 Å². The van der Waals surface area contributed by atoms with Crippen molar-refractivity contribution < 1.29 is 4.79 Å². The van der Waals surface area contributed by atoms with Gasteiger partial charge < -0.3 is 9.80 Å². The summed E-state index contributed by atoms with van der Waals surface area (Å²) in [5.41, 5.74) is 3.46. The van der Waals surface area contributed by atoms with E-state index in [0.717, 1.165) is 44.7 Å². The molecule has 2 aromatic carbocycles. The van der Waals surface area contributed by atoms with Gasteiger partial charge >= 0.3 is 0 Å². The number of fused-ring (bicyclic) bond motifs is 4. The van der Waals surface area contributed by atoms with Gasteiger partial charge in [0.05, 0.1) is 0 Å². The zero-order valence-corrected chi connectivity index (χ0v) is 15.8. The number of anilines is 1. The summed E-state index contributed by atoms with van der Waals surface area (Å²) in [6, 6.07) is 20.1. The largest absolute Gasteiger partial charge is 0.366 e. The molecule has 0 unspecified atom stereocenters. The fourth-order valence-corrected chi connectivity index (χ4v) is 5.06. The van der Waals surface area contributed by atoms with Crippen LogP contribution in [0.1, 0.15) is 28.8 Å². The number of rotatable bonds is 4. The first-order valence-electron chi connectivity index (χ1n) is 10.2. The van der Waals surface area contributed by atoms with Gasteiger partial charge in [0.1, 0.15) is 0 Å². The van der Waals surface area contributed by atoms with E-state index in [1.165, 1.54) is 24.1 Å². The first-order chi connectivity index (χ1) is 13.3. The highest BCUT2D eigenvalue weighted by molar-refractivity contribution is 5.96. The van der Waals surface area contributed by atoms with Crippen molar-refractivity contribution in [1.82, 2.24) is 9.80 Å². The lowest BCUT2D eigenvalue weighted by Crippen LogP contribution is -2.63. The van der Waals surface area contributed by atoms with E-state index in [-0.39, 0.29) is 5.91 Å². The minimum Gasteiger partial charge on any atom is -0.366 e. The predicted molar refractivity (Wildman–Crippen MR) is 108 cm³/mol. The molecule has 2 aromatic rings. The van der Waals surface area contributed by atoms with Crippen LogP contribution in [0.15, 0.2) is 54.6 Å². The highest BCUT2D eigenvalue weighted by Gasteiger charge is 2.39. The molecule has 6 rings (SSSR count). The van der Waals surface area contributed by atoms with Crippen molar-refractivity contribution in [2.24, 2.45) is 0 Å². The van der Waals surface area contributed by atoms with Crippen LogP contribution in [0.4, 0.5) is 5.69 Å². The molecule has 0 radical (unpaired) electrons. The van der Waals surface area contributed by atoms with E-state index in [1.807, 2.05) is 18.2 Å². The van der Waals surface area contributed by atoms with Crippen LogP contribution in [0.5, 0.6) is 0 Å². The van der Waals surface area contributed by atoms with Gasteiger partial charge in [-0.1, -0.05) is 36.4 Å². The summed E-state index contributed by atoms with van der Waals surface area (Å²) in [5, 5.41) is 0. The Kier molecular flexibility index (Phi) is 4.36.